The van der Waals surface area contributed by atoms with Gasteiger partial charge in [-0.2, -0.15) is 14.6 Å². The van der Waals surface area contributed by atoms with Crippen LogP contribution in [0, 0.1) is 0 Å². The van der Waals surface area contributed by atoms with Crippen molar-refractivity contribution in [3.63, 3.8) is 0 Å². The minimum atomic E-state index is 0.520. The van der Waals surface area contributed by atoms with Crippen LogP contribution in [0.4, 0.5) is 0 Å². The van der Waals surface area contributed by atoms with Crippen LogP contribution in [0.3, 0.4) is 0 Å². The molecule has 0 fully saturated rings. The molecule has 3 aromatic rings. The van der Waals surface area contributed by atoms with Crippen molar-refractivity contribution in [2.24, 2.45) is 0 Å². The summed E-state index contributed by atoms with van der Waals surface area (Å²) in [6.45, 7) is 0. The second kappa shape index (κ2) is 4.14. The molecule has 5 heteroatoms. The number of fused-ring (bicyclic) bond motifs is 1. The molecular formula is C12H9ClN4. The zero-order valence-electron chi connectivity index (χ0n) is 8.92. The van der Waals surface area contributed by atoms with Gasteiger partial charge in [0.05, 0.1) is 0 Å². The molecule has 0 unspecified atom stereocenters. The Morgan fingerprint density at radius 2 is 1.94 bits per heavy atom. The first-order chi connectivity index (χ1) is 8.34. The predicted octanol–water partition coefficient (Wildman–Crippen LogP) is 2.37. The van der Waals surface area contributed by atoms with Crippen LogP contribution < -0.4 is 0 Å². The molecule has 0 atom stereocenters. The van der Waals surface area contributed by atoms with Gasteiger partial charge in [0, 0.05) is 18.2 Å². The lowest BCUT2D eigenvalue weighted by atomic mass is 10.1. The van der Waals surface area contributed by atoms with E-state index in [1.165, 1.54) is 11.9 Å². The number of hydrogen-bond acceptors (Lipinski definition) is 3. The Hall–Kier alpha value is -1.94. The van der Waals surface area contributed by atoms with Gasteiger partial charge in [-0.1, -0.05) is 41.9 Å². The zero-order valence-corrected chi connectivity index (χ0v) is 9.67. The number of hydrogen-bond donors (Lipinski definition) is 0. The maximum absolute atomic E-state index is 6.25. The normalized spacial score (nSPS) is 10.9. The summed E-state index contributed by atoms with van der Waals surface area (Å²) >= 11 is 6.25. The van der Waals surface area contributed by atoms with Crippen molar-refractivity contribution >= 4 is 17.4 Å². The Morgan fingerprint density at radius 3 is 2.76 bits per heavy atom. The summed E-state index contributed by atoms with van der Waals surface area (Å²) in [4.78, 5) is 8.19. The van der Waals surface area contributed by atoms with E-state index in [1.807, 2.05) is 18.2 Å². The first-order valence-corrected chi connectivity index (χ1v) is 5.59. The van der Waals surface area contributed by atoms with Gasteiger partial charge >= 0.3 is 0 Å². The van der Waals surface area contributed by atoms with Gasteiger partial charge in [-0.15, -0.1) is 0 Å². The number of halogens is 1. The summed E-state index contributed by atoms with van der Waals surface area (Å²) in [7, 11) is 0. The van der Waals surface area contributed by atoms with Crippen molar-refractivity contribution < 1.29 is 0 Å². The van der Waals surface area contributed by atoms with Gasteiger partial charge in [0.15, 0.2) is 0 Å². The third kappa shape index (κ3) is 1.87. The van der Waals surface area contributed by atoms with E-state index in [0.717, 1.165) is 12.0 Å². The van der Waals surface area contributed by atoms with Gasteiger partial charge in [0.25, 0.3) is 5.78 Å². The maximum Gasteiger partial charge on any atom is 0.253 e. The molecule has 0 amide bonds. The molecule has 0 spiro atoms. The van der Waals surface area contributed by atoms with E-state index < -0.39 is 0 Å². The lowest BCUT2D eigenvalue weighted by molar-refractivity contribution is 0.917. The molecular weight excluding hydrogens is 236 g/mol. The van der Waals surface area contributed by atoms with E-state index in [0.29, 0.717) is 10.9 Å². The molecule has 0 aliphatic carbocycles. The minimum Gasteiger partial charge on any atom is -0.219 e. The van der Waals surface area contributed by atoms with Crippen LogP contribution in [-0.2, 0) is 6.42 Å². The summed E-state index contributed by atoms with van der Waals surface area (Å²) in [5.41, 5.74) is 2.13. The van der Waals surface area contributed by atoms with Crippen LogP contribution in [-0.4, -0.2) is 19.6 Å². The third-order valence-electron chi connectivity index (χ3n) is 2.55. The molecule has 3 rings (SSSR count). The fourth-order valence-electron chi connectivity index (χ4n) is 1.72. The Morgan fingerprint density at radius 1 is 1.12 bits per heavy atom. The molecule has 0 bridgehead atoms. The molecule has 1 aromatic carbocycles. The molecule has 0 radical (unpaired) electrons. The maximum atomic E-state index is 6.25. The Labute approximate surface area is 103 Å². The third-order valence-corrected chi connectivity index (χ3v) is 2.96. The largest absolute Gasteiger partial charge is 0.253 e. The first kappa shape index (κ1) is 10.2. The SMILES string of the molecule is Clc1c(Cc2ccccc2)cnc2ncnn12. The molecule has 0 saturated heterocycles. The molecule has 2 heterocycles. The van der Waals surface area contributed by atoms with Gasteiger partial charge in [0.1, 0.15) is 11.5 Å². The first-order valence-electron chi connectivity index (χ1n) is 5.21. The molecule has 0 aliphatic rings. The zero-order chi connectivity index (χ0) is 11.7. The van der Waals surface area contributed by atoms with E-state index in [2.05, 4.69) is 27.2 Å². The summed E-state index contributed by atoms with van der Waals surface area (Å²) in [6, 6.07) is 10.1. The number of benzene rings is 1. The van der Waals surface area contributed by atoms with Crippen LogP contribution in [0.25, 0.3) is 5.78 Å². The molecule has 2 aromatic heterocycles. The van der Waals surface area contributed by atoms with E-state index in [4.69, 9.17) is 11.6 Å². The summed E-state index contributed by atoms with van der Waals surface area (Å²) in [6.07, 6.45) is 3.93. The van der Waals surface area contributed by atoms with Gasteiger partial charge < -0.3 is 0 Å². The molecule has 0 saturated carbocycles. The fraction of sp³-hybridized carbons (Fsp3) is 0.0833. The molecule has 4 nitrogen and oxygen atoms in total. The van der Waals surface area contributed by atoms with Crippen molar-refractivity contribution in [1.82, 2.24) is 19.6 Å². The van der Waals surface area contributed by atoms with Gasteiger partial charge in [-0.25, -0.2) is 4.98 Å². The predicted molar refractivity (Wildman–Crippen MR) is 65.0 cm³/mol. The second-order valence-electron chi connectivity index (χ2n) is 3.71. The van der Waals surface area contributed by atoms with Crippen molar-refractivity contribution in [2.45, 2.75) is 6.42 Å². The minimum absolute atomic E-state index is 0.520. The molecule has 17 heavy (non-hydrogen) atoms. The average Bonchev–Trinajstić information content (AvgIpc) is 2.83. The van der Waals surface area contributed by atoms with Gasteiger partial charge in [0.2, 0.25) is 0 Å². The van der Waals surface area contributed by atoms with Crippen molar-refractivity contribution in [1.29, 1.82) is 0 Å². The molecule has 84 valence electrons. The van der Waals surface area contributed by atoms with Crippen molar-refractivity contribution in [2.75, 3.05) is 0 Å². The fourth-order valence-corrected chi connectivity index (χ4v) is 1.96. The van der Waals surface area contributed by atoms with Crippen molar-refractivity contribution in [3.05, 3.63) is 59.1 Å². The van der Waals surface area contributed by atoms with Crippen LogP contribution in [0.5, 0.6) is 0 Å². The highest BCUT2D eigenvalue weighted by molar-refractivity contribution is 6.30. The number of nitrogens with zero attached hydrogens (tertiary/aromatic N) is 4. The van der Waals surface area contributed by atoms with E-state index >= 15 is 0 Å². The standard InChI is InChI=1S/C12H9ClN4/c13-11-10(6-9-4-2-1-3-5-9)7-14-12-15-8-16-17(11)12/h1-5,7-8H,6H2. The topological polar surface area (TPSA) is 43.1 Å². The smallest absolute Gasteiger partial charge is 0.219 e. The van der Waals surface area contributed by atoms with Crippen LogP contribution in [0.2, 0.25) is 5.15 Å². The van der Waals surface area contributed by atoms with E-state index in [1.54, 1.807) is 10.7 Å². The number of rotatable bonds is 2. The number of aromatic nitrogens is 4. The molecule has 0 aliphatic heterocycles. The Balaban J connectivity index is 2.03. The van der Waals surface area contributed by atoms with Gasteiger partial charge in [-0.05, 0) is 5.56 Å². The van der Waals surface area contributed by atoms with Gasteiger partial charge in [-0.3, -0.25) is 0 Å². The Kier molecular flexibility index (Phi) is 2.49. The lowest BCUT2D eigenvalue weighted by Gasteiger charge is -2.04. The second-order valence-corrected chi connectivity index (χ2v) is 4.07. The summed E-state index contributed by atoms with van der Waals surface area (Å²) < 4.78 is 1.54. The highest BCUT2D eigenvalue weighted by Gasteiger charge is 2.08. The van der Waals surface area contributed by atoms with Crippen LogP contribution in [0.15, 0.2) is 42.9 Å². The van der Waals surface area contributed by atoms with Crippen LogP contribution >= 0.6 is 11.6 Å². The van der Waals surface area contributed by atoms with E-state index in [-0.39, 0.29) is 0 Å². The average molecular weight is 245 g/mol. The Bertz CT molecular complexity index is 648. The van der Waals surface area contributed by atoms with E-state index in [9.17, 15) is 0 Å². The van der Waals surface area contributed by atoms with Crippen LogP contribution in [0.1, 0.15) is 11.1 Å². The highest BCUT2D eigenvalue weighted by Crippen LogP contribution is 2.18. The molecule has 0 N–H and O–H groups in total. The summed E-state index contributed by atoms with van der Waals surface area (Å²) in [5, 5.41) is 4.60. The summed E-state index contributed by atoms with van der Waals surface area (Å²) in [5.74, 6) is 0.520. The monoisotopic (exact) mass is 244 g/mol. The van der Waals surface area contributed by atoms with Crippen molar-refractivity contribution in [3.8, 4) is 0 Å². The lowest BCUT2D eigenvalue weighted by Crippen LogP contribution is -1.99. The quantitative estimate of drug-likeness (QED) is 0.650. The highest BCUT2D eigenvalue weighted by atomic mass is 35.5.